The lowest BCUT2D eigenvalue weighted by Gasteiger charge is -2.51. The Hall–Kier alpha value is -6.21. The van der Waals surface area contributed by atoms with Gasteiger partial charge in [0.15, 0.2) is 0 Å². The molecule has 2 saturated heterocycles. The molecule has 2 unspecified atom stereocenters. The molecule has 10 nitrogen and oxygen atoms in total. The summed E-state index contributed by atoms with van der Waals surface area (Å²) >= 11 is 0. The van der Waals surface area contributed by atoms with Gasteiger partial charge in [-0.2, -0.15) is 0 Å². The standard InChI is InChI=1S/C69H71N4O6S2/c1-69-45-17-9-32-73(69)33-13-25-57(69)66-56(41-45)59(55-40-44-16-8-28-72-31-12-24-52(62(44)72)65(55)79-66)47-19-3-5-21-49(47)68(75)77-35-37-81-80-36-34-76-67(74)48-20-4-2-18-46(48)58-53-38-42-14-6-26-70-29-10-22-50(60(42)70)63(53)78-64-51-23-11-30-71-27-7-15-43(61(51)71)39-54(58)64/h2-5,18-21,38-41H,6-17,22-37H2,1H3/q+1/p+1. The molecule has 2 fully saturated rings. The maximum Gasteiger partial charge on any atom is 0.338 e. The third-order valence-electron chi connectivity index (χ3n) is 20.2. The topological polar surface area (TPSA) is 85.0 Å². The number of benzene rings is 5. The van der Waals surface area contributed by atoms with E-state index in [0.717, 1.165) is 203 Å². The number of aryl methyl sites for hydroxylation is 3. The summed E-state index contributed by atoms with van der Waals surface area (Å²) in [6.07, 6.45) is 19.9. The van der Waals surface area contributed by atoms with Gasteiger partial charge in [0.1, 0.15) is 54.8 Å². The average Bonchev–Trinajstić information content (AvgIpc) is 3.54. The van der Waals surface area contributed by atoms with Gasteiger partial charge in [0, 0.05) is 130 Å². The van der Waals surface area contributed by atoms with E-state index in [0.29, 0.717) is 22.6 Å². The highest BCUT2D eigenvalue weighted by Crippen LogP contribution is 2.55. The number of allylic oxidation sites excluding steroid dienone is 1. The van der Waals surface area contributed by atoms with Gasteiger partial charge in [-0.05, 0) is 148 Å². The van der Waals surface area contributed by atoms with Gasteiger partial charge in [0.05, 0.1) is 29.8 Å². The Labute approximate surface area is 483 Å². The number of carbonyl (C=O) groups is 2. The van der Waals surface area contributed by atoms with E-state index in [1.165, 1.54) is 80.8 Å². The van der Waals surface area contributed by atoms with Crippen LogP contribution in [0.25, 0.3) is 11.1 Å². The quantitative estimate of drug-likeness (QED) is 0.0586. The van der Waals surface area contributed by atoms with E-state index in [9.17, 15) is 9.59 Å². The first-order valence-electron chi connectivity index (χ1n) is 30.8. The molecule has 16 rings (SSSR count). The van der Waals surface area contributed by atoms with Crippen molar-refractivity contribution in [1.82, 2.24) is 4.58 Å². The van der Waals surface area contributed by atoms with Crippen LogP contribution in [-0.4, -0.2) is 94.6 Å². The van der Waals surface area contributed by atoms with Gasteiger partial charge in [-0.15, -0.1) is 0 Å². The molecular weight excluding hydrogens is 1040 g/mol. The minimum absolute atomic E-state index is 0.0575. The molecule has 5 aromatic rings. The molecule has 11 aliphatic rings. The van der Waals surface area contributed by atoms with E-state index in [-0.39, 0.29) is 30.7 Å². The number of anilines is 2. The lowest BCUT2D eigenvalue weighted by atomic mass is 9.67. The fraction of sp³-hybridized carbons (Fsp3) is 0.435. The van der Waals surface area contributed by atoms with Gasteiger partial charge < -0.3 is 33.6 Å². The van der Waals surface area contributed by atoms with Crippen LogP contribution in [-0.2, 0) is 48.0 Å². The van der Waals surface area contributed by atoms with E-state index >= 15 is 0 Å². The number of carbonyl (C=O) groups excluding carboxylic acids is 2. The zero-order valence-electron chi connectivity index (χ0n) is 46.8. The van der Waals surface area contributed by atoms with E-state index in [4.69, 9.17) is 18.9 Å². The Balaban J connectivity index is 0.636. The van der Waals surface area contributed by atoms with E-state index in [2.05, 4.69) is 69.8 Å². The molecule has 10 heterocycles. The van der Waals surface area contributed by atoms with Crippen LogP contribution in [0.1, 0.15) is 147 Å². The summed E-state index contributed by atoms with van der Waals surface area (Å²) in [4.78, 5) is 35.8. The molecular formula is C69H72N4O6S2+2. The Kier molecular flexibility index (Phi) is 12.7. The number of nitrogens with zero attached hydrogens (tertiary/aromatic N) is 3. The van der Waals surface area contributed by atoms with Crippen LogP contribution in [0.3, 0.4) is 0 Å². The fourth-order valence-electron chi connectivity index (χ4n) is 16.8. The van der Waals surface area contributed by atoms with Gasteiger partial charge in [-0.1, -0.05) is 58.0 Å². The van der Waals surface area contributed by atoms with Gasteiger partial charge in [-0.3, -0.25) is 0 Å². The summed E-state index contributed by atoms with van der Waals surface area (Å²) in [5.41, 5.74) is 22.5. The first-order chi connectivity index (χ1) is 39.9. The zero-order chi connectivity index (χ0) is 53.9. The molecule has 81 heavy (non-hydrogen) atoms. The van der Waals surface area contributed by atoms with Gasteiger partial charge >= 0.3 is 11.9 Å². The largest absolute Gasteiger partial charge is 0.461 e. The summed E-state index contributed by atoms with van der Waals surface area (Å²) < 4.78 is 29.6. The molecule has 12 heteroatoms. The summed E-state index contributed by atoms with van der Waals surface area (Å²) in [6, 6.07) is 23.4. The van der Waals surface area contributed by atoms with E-state index in [1.807, 2.05) is 24.3 Å². The third-order valence-corrected chi connectivity index (χ3v) is 22.6. The highest BCUT2D eigenvalue weighted by atomic mass is 33.1. The van der Waals surface area contributed by atoms with Crippen molar-refractivity contribution in [3.05, 3.63) is 173 Å². The molecule has 10 aliphatic heterocycles. The van der Waals surface area contributed by atoms with Crippen molar-refractivity contribution >= 4 is 56.0 Å². The number of quaternary nitrogens is 1. The molecule has 0 bridgehead atoms. The Morgan fingerprint density at radius 2 is 1.15 bits per heavy atom. The van der Waals surface area contributed by atoms with Crippen molar-refractivity contribution in [3.8, 4) is 17.2 Å². The molecule has 0 radical (unpaired) electrons. The predicted molar refractivity (Wildman–Crippen MR) is 323 cm³/mol. The van der Waals surface area contributed by atoms with Crippen LogP contribution < -0.4 is 39.3 Å². The van der Waals surface area contributed by atoms with Crippen molar-refractivity contribution < 1.29 is 33.4 Å². The minimum Gasteiger partial charge on any atom is -0.461 e. The molecule has 0 spiro atoms. The van der Waals surface area contributed by atoms with Crippen molar-refractivity contribution in [2.75, 3.05) is 86.9 Å². The summed E-state index contributed by atoms with van der Waals surface area (Å²) in [7, 11) is 3.29. The number of fused-ring (bicyclic) bond motifs is 7. The lowest BCUT2D eigenvalue weighted by molar-refractivity contribution is -0.946. The fourth-order valence-corrected chi connectivity index (χ4v) is 18.5. The minimum atomic E-state index is -0.311. The number of ether oxygens (including phenoxy) is 4. The molecule has 0 amide bonds. The number of hydrogen-bond acceptors (Lipinski definition) is 10. The zero-order valence-corrected chi connectivity index (χ0v) is 48.5. The van der Waals surface area contributed by atoms with E-state index in [1.54, 1.807) is 26.5 Å². The lowest BCUT2D eigenvalue weighted by Crippen LogP contribution is -3.22. The smallest absolute Gasteiger partial charge is 0.338 e. The molecule has 5 aromatic carbocycles. The maximum atomic E-state index is 14.5. The molecule has 0 saturated carbocycles. The SMILES string of the molecule is CC12C3=CC4=C(c5ccccc5C(=O)OCCSSCCOC(=O)c5ccccc5C5=c6cc7c8c(c6Oc6c5cc5c9c6CCCN9CCC5)CCC[N+]=8CCC7)c5cc6c7c(c5OC4=C1CCC[NH+]2CCC3)CCCN7CCC6. The number of hydrogen-bond donors (Lipinski definition) is 1. The van der Waals surface area contributed by atoms with Gasteiger partial charge in [0.2, 0.25) is 5.36 Å². The molecule has 414 valence electrons. The first kappa shape index (κ1) is 50.5. The molecule has 1 aliphatic carbocycles. The van der Waals surface area contributed by atoms with Crippen LogP contribution in [0.15, 0.2) is 95.3 Å². The summed E-state index contributed by atoms with van der Waals surface area (Å²) in [5.74, 6) is 4.61. The van der Waals surface area contributed by atoms with Gasteiger partial charge in [-0.25, -0.2) is 14.2 Å². The van der Waals surface area contributed by atoms with Gasteiger partial charge in [0.25, 0.3) is 0 Å². The summed E-state index contributed by atoms with van der Waals surface area (Å²) in [6.45, 7) is 12.0. The Morgan fingerprint density at radius 1 is 0.593 bits per heavy atom. The van der Waals surface area contributed by atoms with Crippen LogP contribution in [0.2, 0.25) is 0 Å². The van der Waals surface area contributed by atoms with Crippen molar-refractivity contribution in [1.29, 1.82) is 0 Å². The number of rotatable bonds is 11. The predicted octanol–water partition coefficient (Wildman–Crippen LogP) is 9.84. The normalized spacial score (nSPS) is 22.3. The maximum absolute atomic E-state index is 14.5. The molecule has 2 atom stereocenters. The van der Waals surface area contributed by atoms with Crippen LogP contribution in [0, 0.1) is 0 Å². The number of piperidine rings is 2. The molecule has 1 N–H and O–H groups in total. The summed E-state index contributed by atoms with van der Waals surface area (Å²) in [5, 5.41) is 2.50. The van der Waals surface area contributed by atoms with Crippen molar-refractivity contribution in [2.24, 2.45) is 0 Å². The van der Waals surface area contributed by atoms with Crippen molar-refractivity contribution in [2.45, 2.75) is 115 Å². The second kappa shape index (κ2) is 20.3. The Bertz CT molecular complexity index is 3790. The highest BCUT2D eigenvalue weighted by Gasteiger charge is 2.53. The monoisotopic (exact) mass is 1120 g/mol. The second-order valence-corrected chi connectivity index (χ2v) is 27.3. The number of esters is 2. The van der Waals surface area contributed by atoms with Crippen molar-refractivity contribution in [3.63, 3.8) is 0 Å². The highest BCUT2D eigenvalue weighted by molar-refractivity contribution is 8.76. The first-order valence-corrected chi connectivity index (χ1v) is 33.3. The molecule has 0 aromatic heterocycles. The number of nitrogens with one attached hydrogen (secondary N) is 1. The Morgan fingerprint density at radius 3 is 1.81 bits per heavy atom. The average molecular weight is 1120 g/mol. The van der Waals surface area contributed by atoms with Crippen LogP contribution in [0.5, 0.6) is 17.2 Å². The van der Waals surface area contributed by atoms with Crippen LogP contribution in [0.4, 0.5) is 11.4 Å². The second-order valence-electron chi connectivity index (χ2n) is 24.6. The van der Waals surface area contributed by atoms with Crippen LogP contribution >= 0.6 is 21.6 Å². The van der Waals surface area contributed by atoms with E-state index < -0.39 is 0 Å². The third kappa shape index (κ3) is 8.09.